The fourth-order valence-corrected chi connectivity index (χ4v) is 4.08. The van der Waals surface area contributed by atoms with Gasteiger partial charge in [0.15, 0.2) is 22.8 Å². The molecule has 0 heterocycles. The van der Waals surface area contributed by atoms with Gasteiger partial charge in [-0.05, 0) is 39.8 Å². The van der Waals surface area contributed by atoms with Crippen molar-refractivity contribution in [2.45, 2.75) is 33.6 Å². The zero-order valence-corrected chi connectivity index (χ0v) is 20.0. The van der Waals surface area contributed by atoms with Gasteiger partial charge in [0, 0.05) is 16.7 Å². The second-order valence-electron chi connectivity index (χ2n) is 8.38. The number of ketones is 3. The van der Waals surface area contributed by atoms with Crippen molar-refractivity contribution in [3.8, 4) is 0 Å². The van der Waals surface area contributed by atoms with E-state index < -0.39 is 22.8 Å². The smallest absolute Gasteiger partial charge is 0.184 e. The lowest BCUT2D eigenvalue weighted by Crippen LogP contribution is -2.47. The van der Waals surface area contributed by atoms with Crippen LogP contribution in [0.1, 0.15) is 60.6 Å². The second kappa shape index (κ2) is 10.1. The maximum Gasteiger partial charge on any atom is 0.184 e. The normalized spacial score (nSPS) is 11.2. The predicted octanol–water partition coefficient (Wildman–Crippen LogP) is 6.20. The maximum atomic E-state index is 14.0. The zero-order chi connectivity index (χ0) is 23.3. The van der Waals surface area contributed by atoms with Gasteiger partial charge in [0.05, 0.1) is 0 Å². The topological polar surface area (TPSA) is 51.2 Å². The fourth-order valence-electron chi connectivity index (χ4n) is 3.87. The third-order valence-electron chi connectivity index (χ3n) is 5.86. The van der Waals surface area contributed by atoms with E-state index in [-0.39, 0.29) is 6.42 Å². The number of carbonyl (C=O) groups is 3. The molecule has 3 aromatic rings. The second-order valence-corrected chi connectivity index (χ2v) is 8.96. The summed E-state index contributed by atoms with van der Waals surface area (Å²) in [5, 5.41) is 0. The molecule has 3 aromatic carbocycles. The summed E-state index contributed by atoms with van der Waals surface area (Å²) in [5.41, 5.74) is 2.34. The summed E-state index contributed by atoms with van der Waals surface area (Å²) in [6.07, 6.45) is 1.39. The minimum atomic E-state index is -1.81. The van der Waals surface area contributed by atoms with Crippen LogP contribution < -0.4 is 0 Å². The average Bonchev–Trinajstić information content (AvgIpc) is 2.80. The molecule has 3 rings (SSSR count). The van der Waals surface area contributed by atoms with Crippen molar-refractivity contribution in [3.05, 3.63) is 106 Å². The van der Waals surface area contributed by atoms with Gasteiger partial charge in [-0.25, -0.2) is 0 Å². The van der Waals surface area contributed by atoms with E-state index in [1.54, 1.807) is 36.4 Å². The molecule has 32 heavy (non-hydrogen) atoms. The summed E-state index contributed by atoms with van der Waals surface area (Å²) in [7, 11) is 2.62. The standard InChI is InChI=1S/C28H29O3P/c1-19-5-11-22(12-6-19)25(29)28(17-4-18-32,26(30)23-13-7-20(2)8-14-23)27(31)24-15-9-21(3)10-16-24/h5-16H,4,17-18,32H2,1-3H3. The average molecular weight is 445 g/mol. The molecule has 164 valence electrons. The van der Waals surface area contributed by atoms with Crippen molar-refractivity contribution < 1.29 is 14.4 Å². The third-order valence-corrected chi connectivity index (χ3v) is 6.27. The fraction of sp³-hybridized carbons (Fsp3) is 0.250. The molecule has 0 saturated heterocycles. The number of aryl methyl sites for hydroxylation is 3. The molecule has 0 amide bonds. The van der Waals surface area contributed by atoms with Crippen molar-refractivity contribution in [2.24, 2.45) is 5.41 Å². The highest BCUT2D eigenvalue weighted by Crippen LogP contribution is 2.37. The molecule has 0 aromatic heterocycles. The van der Waals surface area contributed by atoms with Crippen LogP contribution in [-0.4, -0.2) is 23.5 Å². The minimum absolute atomic E-state index is 0.155. The van der Waals surface area contributed by atoms with Crippen LogP contribution in [0.15, 0.2) is 72.8 Å². The summed E-state index contributed by atoms with van der Waals surface area (Å²) in [6.45, 7) is 5.81. The highest BCUT2D eigenvalue weighted by molar-refractivity contribution is 7.16. The van der Waals surface area contributed by atoms with E-state index in [0.717, 1.165) is 16.7 Å². The molecule has 0 saturated carbocycles. The Morgan fingerprint density at radius 1 is 0.594 bits per heavy atom. The Morgan fingerprint density at radius 2 is 0.875 bits per heavy atom. The molecule has 0 radical (unpaired) electrons. The van der Waals surface area contributed by atoms with Crippen LogP contribution in [0.5, 0.6) is 0 Å². The Morgan fingerprint density at radius 3 is 1.12 bits per heavy atom. The molecular formula is C28H29O3P. The van der Waals surface area contributed by atoms with E-state index >= 15 is 0 Å². The van der Waals surface area contributed by atoms with Gasteiger partial charge < -0.3 is 0 Å². The third kappa shape index (κ3) is 4.79. The monoisotopic (exact) mass is 444 g/mol. The van der Waals surface area contributed by atoms with Crippen molar-refractivity contribution >= 4 is 26.6 Å². The lowest BCUT2D eigenvalue weighted by Gasteiger charge is -2.30. The van der Waals surface area contributed by atoms with Crippen LogP contribution >= 0.6 is 9.24 Å². The molecule has 0 aliphatic rings. The molecule has 0 aliphatic carbocycles. The molecule has 1 unspecified atom stereocenters. The van der Waals surface area contributed by atoms with Crippen LogP contribution in [-0.2, 0) is 0 Å². The van der Waals surface area contributed by atoms with E-state index in [4.69, 9.17) is 0 Å². The van der Waals surface area contributed by atoms with Gasteiger partial charge in [-0.1, -0.05) is 89.5 Å². The van der Waals surface area contributed by atoms with E-state index in [1.807, 2.05) is 57.2 Å². The van der Waals surface area contributed by atoms with Crippen LogP contribution in [0.3, 0.4) is 0 Å². The Balaban J connectivity index is 2.23. The van der Waals surface area contributed by atoms with Gasteiger partial charge >= 0.3 is 0 Å². The number of rotatable bonds is 9. The highest BCUT2D eigenvalue weighted by atomic mass is 31.0. The molecule has 0 bridgehead atoms. The number of Topliss-reactive ketones (excluding diaryl/α,β-unsaturated/α-hetero) is 3. The minimum Gasteiger partial charge on any atom is -0.293 e. The van der Waals surface area contributed by atoms with Crippen molar-refractivity contribution in [1.82, 2.24) is 0 Å². The quantitative estimate of drug-likeness (QED) is 0.224. The Bertz CT molecular complexity index is 971. The summed E-state index contributed by atoms with van der Waals surface area (Å²) in [6, 6.07) is 21.2. The Kier molecular flexibility index (Phi) is 7.53. The maximum absolute atomic E-state index is 14.0. The van der Waals surface area contributed by atoms with Crippen molar-refractivity contribution in [2.75, 3.05) is 6.16 Å². The number of benzene rings is 3. The predicted molar refractivity (Wildman–Crippen MR) is 133 cm³/mol. The summed E-state index contributed by atoms with van der Waals surface area (Å²) < 4.78 is 0. The SMILES string of the molecule is Cc1ccc(C(=O)C(CCCP)(C(=O)c2ccc(C)cc2)C(=O)c2ccc(C)cc2)cc1. The number of hydrogen-bond acceptors (Lipinski definition) is 3. The van der Waals surface area contributed by atoms with Gasteiger partial charge in [-0.3, -0.25) is 14.4 Å². The van der Waals surface area contributed by atoms with E-state index in [1.165, 1.54) is 0 Å². The molecule has 0 spiro atoms. The van der Waals surface area contributed by atoms with Gasteiger partial charge in [0.1, 0.15) is 0 Å². The first-order chi connectivity index (χ1) is 15.3. The van der Waals surface area contributed by atoms with Crippen LogP contribution in [0.2, 0.25) is 0 Å². The lowest BCUT2D eigenvalue weighted by atomic mass is 9.66. The van der Waals surface area contributed by atoms with E-state index in [0.29, 0.717) is 29.3 Å². The van der Waals surface area contributed by atoms with Crippen molar-refractivity contribution in [1.29, 1.82) is 0 Å². The van der Waals surface area contributed by atoms with Crippen LogP contribution in [0.25, 0.3) is 0 Å². The van der Waals surface area contributed by atoms with Gasteiger partial charge in [-0.15, -0.1) is 9.24 Å². The summed E-state index contributed by atoms with van der Waals surface area (Å²) in [5.74, 6) is -1.31. The Hall–Kier alpha value is -2.90. The Labute approximate surface area is 192 Å². The summed E-state index contributed by atoms with van der Waals surface area (Å²) in [4.78, 5) is 42.0. The van der Waals surface area contributed by atoms with Crippen LogP contribution in [0.4, 0.5) is 0 Å². The van der Waals surface area contributed by atoms with Crippen molar-refractivity contribution in [3.63, 3.8) is 0 Å². The van der Waals surface area contributed by atoms with Gasteiger partial charge in [0.2, 0.25) is 0 Å². The first kappa shape index (κ1) is 23.8. The summed E-state index contributed by atoms with van der Waals surface area (Å²) >= 11 is 0. The molecule has 0 aliphatic heterocycles. The highest BCUT2D eigenvalue weighted by Gasteiger charge is 2.52. The zero-order valence-electron chi connectivity index (χ0n) is 18.9. The molecular weight excluding hydrogens is 415 g/mol. The van der Waals surface area contributed by atoms with Gasteiger partial charge in [-0.2, -0.15) is 0 Å². The lowest BCUT2D eigenvalue weighted by molar-refractivity contribution is 0.0574. The van der Waals surface area contributed by atoms with E-state index in [9.17, 15) is 14.4 Å². The first-order valence-corrected chi connectivity index (χ1v) is 11.7. The number of carbonyl (C=O) groups excluding carboxylic acids is 3. The molecule has 1 atom stereocenters. The molecule has 4 heteroatoms. The van der Waals surface area contributed by atoms with E-state index in [2.05, 4.69) is 9.24 Å². The molecule has 0 N–H and O–H groups in total. The molecule has 0 fully saturated rings. The molecule has 3 nitrogen and oxygen atoms in total. The first-order valence-electron chi connectivity index (χ1n) is 10.8. The number of hydrogen-bond donors (Lipinski definition) is 0. The largest absolute Gasteiger partial charge is 0.293 e. The van der Waals surface area contributed by atoms with Gasteiger partial charge in [0.25, 0.3) is 0 Å². The van der Waals surface area contributed by atoms with Crippen LogP contribution in [0, 0.1) is 26.2 Å².